The molecule has 0 aromatic heterocycles. The van der Waals surface area contributed by atoms with Gasteiger partial charge in [0.15, 0.2) is 17.4 Å². The van der Waals surface area contributed by atoms with E-state index in [0.29, 0.717) is 12.0 Å². The number of halogens is 2. The Morgan fingerprint density at radius 3 is 2.15 bits per heavy atom. The third-order valence-corrected chi connectivity index (χ3v) is 1.80. The van der Waals surface area contributed by atoms with Crippen LogP contribution in [0.5, 0.6) is 5.75 Å². The number of benzene rings is 1. The fourth-order valence-corrected chi connectivity index (χ4v) is 1.24. The maximum absolute atomic E-state index is 13.1. The number of aryl methyl sites for hydroxylation is 1. The van der Waals surface area contributed by atoms with Gasteiger partial charge in [0.1, 0.15) is 0 Å². The normalized spacial score (nSPS) is 10.2. The van der Waals surface area contributed by atoms with Crippen molar-refractivity contribution >= 4 is 0 Å². The maximum Gasteiger partial charge on any atom is 0.190 e. The van der Waals surface area contributed by atoms with Crippen LogP contribution >= 0.6 is 0 Å². The Hall–Kier alpha value is -1.12. The van der Waals surface area contributed by atoms with Crippen LogP contribution in [0, 0.1) is 11.6 Å². The van der Waals surface area contributed by atoms with Gasteiger partial charge in [0.25, 0.3) is 0 Å². The van der Waals surface area contributed by atoms with Crippen LogP contribution in [-0.2, 0) is 6.42 Å². The van der Waals surface area contributed by atoms with E-state index in [1.807, 2.05) is 6.92 Å². The van der Waals surface area contributed by atoms with Crippen molar-refractivity contribution in [3.63, 3.8) is 0 Å². The Morgan fingerprint density at radius 2 is 1.77 bits per heavy atom. The molecule has 0 N–H and O–H groups in total. The van der Waals surface area contributed by atoms with Gasteiger partial charge in [-0.05, 0) is 24.1 Å². The quantitative estimate of drug-likeness (QED) is 0.705. The van der Waals surface area contributed by atoms with Gasteiger partial charge in [-0.15, -0.1) is 0 Å². The molecule has 1 aromatic carbocycles. The third-order valence-electron chi connectivity index (χ3n) is 1.80. The minimum Gasteiger partial charge on any atom is -0.491 e. The molecule has 13 heavy (non-hydrogen) atoms. The Labute approximate surface area is 76.3 Å². The second kappa shape index (κ2) is 4.21. The van der Waals surface area contributed by atoms with Gasteiger partial charge in [0, 0.05) is 0 Å². The lowest BCUT2D eigenvalue weighted by atomic mass is 10.1. The zero-order valence-electron chi connectivity index (χ0n) is 7.73. The van der Waals surface area contributed by atoms with Crippen molar-refractivity contribution in [1.29, 1.82) is 0 Å². The van der Waals surface area contributed by atoms with E-state index < -0.39 is 11.6 Å². The van der Waals surface area contributed by atoms with Crippen LogP contribution in [0.4, 0.5) is 8.78 Å². The molecule has 0 saturated heterocycles. The van der Waals surface area contributed by atoms with Gasteiger partial charge >= 0.3 is 0 Å². The van der Waals surface area contributed by atoms with Gasteiger partial charge in [-0.3, -0.25) is 0 Å². The van der Waals surface area contributed by atoms with E-state index in [1.165, 1.54) is 19.2 Å². The van der Waals surface area contributed by atoms with Crippen LogP contribution in [0.25, 0.3) is 0 Å². The predicted octanol–water partition coefficient (Wildman–Crippen LogP) is 2.93. The molecular formula is C10H12F2O. The summed E-state index contributed by atoms with van der Waals surface area (Å²) in [5, 5.41) is 0. The first kappa shape index (κ1) is 9.96. The van der Waals surface area contributed by atoms with Crippen molar-refractivity contribution in [2.75, 3.05) is 7.11 Å². The Morgan fingerprint density at radius 1 is 1.23 bits per heavy atom. The Kier molecular flexibility index (Phi) is 3.23. The summed E-state index contributed by atoms with van der Waals surface area (Å²) in [7, 11) is 1.25. The highest BCUT2D eigenvalue weighted by Gasteiger charge is 2.10. The summed E-state index contributed by atoms with van der Waals surface area (Å²) < 4.78 is 30.7. The minimum atomic E-state index is -0.633. The Bertz CT molecular complexity index is 274. The van der Waals surface area contributed by atoms with Crippen molar-refractivity contribution < 1.29 is 13.5 Å². The number of rotatable bonds is 3. The van der Waals surface area contributed by atoms with Crippen molar-refractivity contribution in [3.05, 3.63) is 29.3 Å². The molecule has 0 heterocycles. The molecule has 1 nitrogen and oxygen atoms in total. The summed E-state index contributed by atoms with van der Waals surface area (Å²) >= 11 is 0. The van der Waals surface area contributed by atoms with Gasteiger partial charge in [-0.25, -0.2) is 8.78 Å². The van der Waals surface area contributed by atoms with Crippen LogP contribution in [0.15, 0.2) is 12.1 Å². The van der Waals surface area contributed by atoms with Gasteiger partial charge in [-0.1, -0.05) is 13.3 Å². The zero-order chi connectivity index (χ0) is 9.84. The highest BCUT2D eigenvalue weighted by Crippen LogP contribution is 2.23. The van der Waals surface area contributed by atoms with Gasteiger partial charge in [0.05, 0.1) is 7.11 Å². The largest absolute Gasteiger partial charge is 0.491 e. The average molecular weight is 186 g/mol. The number of methoxy groups -OCH3 is 1. The molecule has 0 spiro atoms. The monoisotopic (exact) mass is 186 g/mol. The first-order valence-corrected chi connectivity index (χ1v) is 4.21. The van der Waals surface area contributed by atoms with Crippen molar-refractivity contribution in [3.8, 4) is 5.75 Å². The standard InChI is InChI=1S/C10H12F2O/c1-3-4-7-5-8(11)10(13-2)9(12)6-7/h5-6H,3-4H2,1-2H3. The van der Waals surface area contributed by atoms with E-state index in [4.69, 9.17) is 0 Å². The van der Waals surface area contributed by atoms with Crippen molar-refractivity contribution in [1.82, 2.24) is 0 Å². The molecule has 0 atom stereocenters. The molecule has 0 saturated carbocycles. The smallest absolute Gasteiger partial charge is 0.190 e. The topological polar surface area (TPSA) is 9.23 Å². The molecule has 1 aromatic rings. The molecule has 0 radical (unpaired) electrons. The summed E-state index contributed by atoms with van der Waals surface area (Å²) in [5.74, 6) is -1.57. The zero-order valence-corrected chi connectivity index (χ0v) is 7.73. The van der Waals surface area contributed by atoms with E-state index in [1.54, 1.807) is 0 Å². The van der Waals surface area contributed by atoms with Crippen LogP contribution in [0.1, 0.15) is 18.9 Å². The molecule has 0 bridgehead atoms. The lowest BCUT2D eigenvalue weighted by Gasteiger charge is -2.05. The molecular weight excluding hydrogens is 174 g/mol. The molecule has 0 aliphatic rings. The highest BCUT2D eigenvalue weighted by molar-refractivity contribution is 5.31. The highest BCUT2D eigenvalue weighted by atomic mass is 19.1. The number of ether oxygens (including phenoxy) is 1. The van der Waals surface area contributed by atoms with E-state index in [2.05, 4.69) is 4.74 Å². The van der Waals surface area contributed by atoms with E-state index in [9.17, 15) is 8.78 Å². The fourth-order valence-electron chi connectivity index (χ4n) is 1.24. The fraction of sp³-hybridized carbons (Fsp3) is 0.400. The first-order chi connectivity index (χ1) is 6.19. The van der Waals surface area contributed by atoms with E-state index in [-0.39, 0.29) is 5.75 Å². The molecule has 0 aliphatic heterocycles. The average Bonchev–Trinajstić information content (AvgIpc) is 2.04. The van der Waals surface area contributed by atoms with Crippen LogP contribution in [0.3, 0.4) is 0 Å². The van der Waals surface area contributed by atoms with Gasteiger partial charge in [0.2, 0.25) is 0 Å². The van der Waals surface area contributed by atoms with Crippen LogP contribution in [0.2, 0.25) is 0 Å². The van der Waals surface area contributed by atoms with Gasteiger partial charge < -0.3 is 4.74 Å². The predicted molar refractivity (Wildman–Crippen MR) is 46.9 cm³/mol. The van der Waals surface area contributed by atoms with Gasteiger partial charge in [-0.2, -0.15) is 0 Å². The summed E-state index contributed by atoms with van der Waals surface area (Å²) in [6, 6.07) is 2.62. The molecule has 0 fully saturated rings. The van der Waals surface area contributed by atoms with Crippen molar-refractivity contribution in [2.24, 2.45) is 0 Å². The maximum atomic E-state index is 13.1. The Balaban J connectivity index is 3.05. The molecule has 0 unspecified atom stereocenters. The second-order valence-electron chi connectivity index (χ2n) is 2.84. The SMILES string of the molecule is CCCc1cc(F)c(OC)c(F)c1. The van der Waals surface area contributed by atoms with E-state index in [0.717, 1.165) is 6.42 Å². The molecule has 72 valence electrons. The molecule has 0 amide bonds. The molecule has 1 rings (SSSR count). The summed E-state index contributed by atoms with van der Waals surface area (Å²) in [4.78, 5) is 0. The number of hydrogen-bond donors (Lipinski definition) is 0. The third kappa shape index (κ3) is 2.17. The summed E-state index contributed by atoms with van der Waals surface area (Å²) in [5.41, 5.74) is 0.665. The lowest BCUT2D eigenvalue weighted by Crippen LogP contribution is -1.95. The second-order valence-corrected chi connectivity index (χ2v) is 2.84. The van der Waals surface area contributed by atoms with Crippen LogP contribution < -0.4 is 4.74 Å². The summed E-state index contributed by atoms with van der Waals surface area (Å²) in [6.07, 6.45) is 1.54. The number of hydrogen-bond acceptors (Lipinski definition) is 1. The minimum absolute atomic E-state index is 0.306. The molecule has 3 heteroatoms. The van der Waals surface area contributed by atoms with Crippen molar-refractivity contribution in [2.45, 2.75) is 19.8 Å². The lowest BCUT2D eigenvalue weighted by molar-refractivity contribution is 0.359. The first-order valence-electron chi connectivity index (χ1n) is 4.21. The molecule has 0 aliphatic carbocycles. The van der Waals surface area contributed by atoms with Crippen LogP contribution in [-0.4, -0.2) is 7.11 Å². The van der Waals surface area contributed by atoms with E-state index >= 15 is 0 Å². The summed E-state index contributed by atoms with van der Waals surface area (Å²) in [6.45, 7) is 1.96.